The van der Waals surface area contributed by atoms with E-state index in [0.717, 1.165) is 22.3 Å². The largest absolute Gasteiger partial charge is 0.459 e. The van der Waals surface area contributed by atoms with Crippen LogP contribution in [0.4, 0.5) is 0 Å². The van der Waals surface area contributed by atoms with Crippen LogP contribution in [0.25, 0.3) is 0 Å². The first-order valence-corrected chi connectivity index (χ1v) is 10.3. The molecule has 0 bridgehead atoms. The van der Waals surface area contributed by atoms with Crippen LogP contribution in [-0.4, -0.2) is 18.7 Å². The number of cyclic esters (lactones) is 1. The normalized spacial score (nSPS) is 18.8. The molecule has 0 aromatic heterocycles. The minimum absolute atomic E-state index is 0.208. The van der Waals surface area contributed by atoms with Crippen molar-refractivity contribution in [2.75, 3.05) is 6.61 Å². The first-order chi connectivity index (χ1) is 14.6. The molecular weight excluding hydrogens is 372 g/mol. The minimum atomic E-state index is -0.808. The molecule has 1 aliphatic heterocycles. The Morgan fingerprint density at radius 1 is 0.900 bits per heavy atom. The lowest BCUT2D eigenvalue weighted by molar-refractivity contribution is -0.147. The summed E-state index contributed by atoms with van der Waals surface area (Å²) in [7, 11) is 0. The maximum absolute atomic E-state index is 12.2. The molecular formula is C27H26O3. The number of esters is 1. The van der Waals surface area contributed by atoms with Gasteiger partial charge in [-0.2, -0.15) is 0 Å². The van der Waals surface area contributed by atoms with E-state index in [1.807, 2.05) is 61.5 Å². The van der Waals surface area contributed by atoms with Crippen molar-refractivity contribution in [3.63, 3.8) is 0 Å². The van der Waals surface area contributed by atoms with E-state index in [1.165, 1.54) is 0 Å². The number of carbonyl (C=O) groups excluding carboxylic acids is 1. The Morgan fingerprint density at radius 3 is 1.70 bits per heavy atom. The number of hydrogen-bond acceptors (Lipinski definition) is 3. The predicted molar refractivity (Wildman–Crippen MR) is 118 cm³/mol. The maximum Gasteiger partial charge on any atom is 0.313 e. The summed E-state index contributed by atoms with van der Waals surface area (Å²) >= 11 is 0. The van der Waals surface area contributed by atoms with E-state index in [1.54, 1.807) is 0 Å². The average Bonchev–Trinajstić information content (AvgIpc) is 3.17. The SMILES string of the molecule is C=C(C)C1CC(COC(c2ccccc2)(c2ccccc2)c2ccccc2)OC1=O. The van der Waals surface area contributed by atoms with Gasteiger partial charge < -0.3 is 9.47 Å². The first-order valence-electron chi connectivity index (χ1n) is 10.3. The zero-order valence-corrected chi connectivity index (χ0v) is 17.2. The van der Waals surface area contributed by atoms with Gasteiger partial charge in [0.25, 0.3) is 0 Å². The van der Waals surface area contributed by atoms with Gasteiger partial charge >= 0.3 is 5.97 Å². The Morgan fingerprint density at radius 2 is 1.33 bits per heavy atom. The number of rotatable bonds is 7. The van der Waals surface area contributed by atoms with Crippen molar-refractivity contribution in [2.24, 2.45) is 5.92 Å². The molecule has 3 heteroatoms. The van der Waals surface area contributed by atoms with Crippen LogP contribution in [0.15, 0.2) is 103 Å². The van der Waals surface area contributed by atoms with Crippen LogP contribution >= 0.6 is 0 Å². The molecule has 4 rings (SSSR count). The van der Waals surface area contributed by atoms with Gasteiger partial charge in [-0.1, -0.05) is 103 Å². The molecule has 0 amide bonds. The molecule has 3 aromatic carbocycles. The molecule has 3 nitrogen and oxygen atoms in total. The van der Waals surface area contributed by atoms with Gasteiger partial charge in [-0.15, -0.1) is 0 Å². The van der Waals surface area contributed by atoms with Crippen molar-refractivity contribution in [3.05, 3.63) is 120 Å². The number of ether oxygens (including phenoxy) is 2. The van der Waals surface area contributed by atoms with Crippen LogP contribution in [0.5, 0.6) is 0 Å². The summed E-state index contributed by atoms with van der Waals surface area (Å²) < 4.78 is 12.4. The smallest absolute Gasteiger partial charge is 0.313 e. The van der Waals surface area contributed by atoms with Gasteiger partial charge in [-0.25, -0.2) is 0 Å². The van der Waals surface area contributed by atoms with Gasteiger partial charge in [-0.05, 0) is 23.6 Å². The van der Waals surface area contributed by atoms with Crippen LogP contribution < -0.4 is 0 Å². The van der Waals surface area contributed by atoms with Gasteiger partial charge in [0.05, 0.1) is 12.5 Å². The lowest BCUT2D eigenvalue weighted by Gasteiger charge is -2.36. The van der Waals surface area contributed by atoms with Crippen molar-refractivity contribution >= 4 is 5.97 Å². The topological polar surface area (TPSA) is 35.5 Å². The quantitative estimate of drug-likeness (QED) is 0.299. The molecule has 2 atom stereocenters. The third kappa shape index (κ3) is 3.81. The van der Waals surface area contributed by atoms with Gasteiger partial charge in [0.2, 0.25) is 0 Å². The molecule has 0 spiro atoms. The summed E-state index contributed by atoms with van der Waals surface area (Å²) in [6.07, 6.45) is 0.303. The minimum Gasteiger partial charge on any atom is -0.459 e. The molecule has 0 N–H and O–H groups in total. The molecule has 1 aliphatic rings. The number of hydrogen-bond donors (Lipinski definition) is 0. The second-order valence-corrected chi connectivity index (χ2v) is 7.78. The Bertz CT molecular complexity index is 899. The zero-order chi connectivity index (χ0) is 21.0. The third-order valence-corrected chi connectivity index (χ3v) is 5.69. The van der Waals surface area contributed by atoms with Gasteiger partial charge in [-0.3, -0.25) is 4.79 Å². The van der Waals surface area contributed by atoms with E-state index in [9.17, 15) is 4.79 Å². The molecule has 1 heterocycles. The lowest BCUT2D eigenvalue weighted by Crippen LogP contribution is -2.35. The fraction of sp³-hybridized carbons (Fsp3) is 0.222. The molecule has 0 radical (unpaired) electrons. The predicted octanol–water partition coefficient (Wildman–Crippen LogP) is 5.50. The Kier molecular flexibility index (Phi) is 5.82. The molecule has 0 aliphatic carbocycles. The van der Waals surface area contributed by atoms with Gasteiger partial charge in [0.15, 0.2) is 0 Å². The van der Waals surface area contributed by atoms with Crippen LogP contribution in [-0.2, 0) is 19.9 Å². The summed E-state index contributed by atoms with van der Waals surface area (Å²) in [5, 5.41) is 0. The van der Waals surface area contributed by atoms with Crippen molar-refractivity contribution in [1.82, 2.24) is 0 Å². The molecule has 0 saturated carbocycles. The molecule has 3 aromatic rings. The Labute approximate surface area is 178 Å². The highest BCUT2D eigenvalue weighted by Crippen LogP contribution is 2.41. The monoisotopic (exact) mass is 398 g/mol. The highest BCUT2D eigenvalue weighted by atomic mass is 16.6. The van der Waals surface area contributed by atoms with Crippen LogP contribution in [0.1, 0.15) is 30.0 Å². The third-order valence-electron chi connectivity index (χ3n) is 5.69. The zero-order valence-electron chi connectivity index (χ0n) is 17.2. The Hall–Kier alpha value is -3.17. The summed E-state index contributed by atoms with van der Waals surface area (Å²) in [4.78, 5) is 12.2. The van der Waals surface area contributed by atoms with E-state index in [-0.39, 0.29) is 18.0 Å². The van der Waals surface area contributed by atoms with E-state index >= 15 is 0 Å². The maximum atomic E-state index is 12.2. The van der Waals surface area contributed by atoms with Gasteiger partial charge in [0.1, 0.15) is 11.7 Å². The Balaban J connectivity index is 1.76. The van der Waals surface area contributed by atoms with E-state index in [0.29, 0.717) is 13.0 Å². The van der Waals surface area contributed by atoms with Crippen LogP contribution in [0.3, 0.4) is 0 Å². The summed E-state index contributed by atoms with van der Waals surface area (Å²) in [5.74, 6) is -0.459. The van der Waals surface area contributed by atoms with E-state index in [4.69, 9.17) is 9.47 Å². The average molecular weight is 399 g/mol. The summed E-state index contributed by atoms with van der Waals surface area (Å²) in [6, 6.07) is 30.6. The molecule has 30 heavy (non-hydrogen) atoms. The fourth-order valence-electron chi connectivity index (χ4n) is 4.14. The molecule has 1 saturated heterocycles. The van der Waals surface area contributed by atoms with Crippen LogP contribution in [0.2, 0.25) is 0 Å². The fourth-order valence-corrected chi connectivity index (χ4v) is 4.14. The summed E-state index contributed by atoms with van der Waals surface area (Å²) in [5.41, 5.74) is 3.12. The number of carbonyl (C=O) groups is 1. The standard InChI is InChI=1S/C27H26O3/c1-20(2)25-18-24(30-26(25)28)19-29-27(21-12-6-3-7-13-21,22-14-8-4-9-15-22)23-16-10-5-11-17-23/h3-17,24-25H,1,18-19H2,2H3. The first kappa shape index (κ1) is 20.1. The highest BCUT2D eigenvalue weighted by molar-refractivity contribution is 5.77. The second kappa shape index (κ2) is 8.68. The van der Waals surface area contributed by atoms with Crippen molar-refractivity contribution in [3.8, 4) is 0 Å². The molecule has 152 valence electrons. The molecule has 1 fully saturated rings. The number of benzene rings is 3. The molecule has 2 unspecified atom stereocenters. The second-order valence-electron chi connectivity index (χ2n) is 7.78. The van der Waals surface area contributed by atoms with Crippen LogP contribution in [0, 0.1) is 5.92 Å². The van der Waals surface area contributed by atoms with Crippen molar-refractivity contribution in [1.29, 1.82) is 0 Å². The van der Waals surface area contributed by atoms with E-state index < -0.39 is 5.60 Å². The lowest BCUT2D eigenvalue weighted by atomic mass is 9.80. The summed E-state index contributed by atoms with van der Waals surface area (Å²) in [6.45, 7) is 6.10. The van der Waals surface area contributed by atoms with Crippen molar-refractivity contribution in [2.45, 2.75) is 25.0 Å². The highest BCUT2D eigenvalue weighted by Gasteiger charge is 2.41. The van der Waals surface area contributed by atoms with E-state index in [2.05, 4.69) is 43.0 Å². The van der Waals surface area contributed by atoms with Crippen molar-refractivity contribution < 1.29 is 14.3 Å². The van der Waals surface area contributed by atoms with Gasteiger partial charge in [0, 0.05) is 6.42 Å².